The summed E-state index contributed by atoms with van der Waals surface area (Å²) in [5.41, 5.74) is 4.96. The molecule has 9 heteroatoms. The number of tetrazole rings is 1. The van der Waals surface area contributed by atoms with E-state index in [1.165, 1.54) is 18.4 Å². The summed E-state index contributed by atoms with van der Waals surface area (Å²) in [6.45, 7) is 7.50. The lowest BCUT2D eigenvalue weighted by Gasteiger charge is -2.31. The van der Waals surface area contributed by atoms with E-state index in [2.05, 4.69) is 57.5 Å². The summed E-state index contributed by atoms with van der Waals surface area (Å²) in [5, 5.41) is 14.1. The molecule has 0 radical (unpaired) electrons. The fourth-order valence-electron chi connectivity index (χ4n) is 6.16. The van der Waals surface area contributed by atoms with Gasteiger partial charge in [0.2, 0.25) is 0 Å². The van der Waals surface area contributed by atoms with Crippen LogP contribution in [0.1, 0.15) is 79.2 Å². The maximum absolute atomic E-state index is 13.3. The maximum Gasteiger partial charge on any atom is 0.252 e. The number of hydrogen-bond acceptors (Lipinski definition) is 7. The number of nitrogens with one attached hydrogen (secondary N) is 1. The van der Waals surface area contributed by atoms with Crippen LogP contribution in [-0.2, 0) is 13.0 Å². The van der Waals surface area contributed by atoms with Crippen molar-refractivity contribution in [3.05, 3.63) is 74.8 Å². The Balaban J connectivity index is 1.50. The van der Waals surface area contributed by atoms with Crippen LogP contribution in [0.4, 0.5) is 0 Å². The average molecular weight is 545 g/mol. The van der Waals surface area contributed by atoms with Gasteiger partial charge >= 0.3 is 0 Å². The molecular weight excluding hydrogens is 504 g/mol. The van der Waals surface area contributed by atoms with Crippen LogP contribution in [-0.4, -0.2) is 50.9 Å². The molecule has 1 atom stereocenters. The van der Waals surface area contributed by atoms with E-state index in [1.54, 1.807) is 14.2 Å². The summed E-state index contributed by atoms with van der Waals surface area (Å²) in [6.07, 6.45) is 6.20. The van der Waals surface area contributed by atoms with Gasteiger partial charge in [-0.15, -0.1) is 5.10 Å². The van der Waals surface area contributed by atoms with Crippen molar-refractivity contribution in [2.75, 3.05) is 20.8 Å². The van der Waals surface area contributed by atoms with Gasteiger partial charge in [0, 0.05) is 18.7 Å². The van der Waals surface area contributed by atoms with Gasteiger partial charge < -0.3 is 14.5 Å². The molecule has 1 N–H and O–H groups in total. The average Bonchev–Trinajstić information content (AvgIpc) is 3.65. The van der Waals surface area contributed by atoms with Crippen LogP contribution in [0.2, 0.25) is 0 Å². The Morgan fingerprint density at radius 1 is 1.07 bits per heavy atom. The number of nitrogens with zero attached hydrogens (tertiary/aromatic N) is 5. The summed E-state index contributed by atoms with van der Waals surface area (Å²) in [5.74, 6) is 2.30. The third kappa shape index (κ3) is 5.75. The molecule has 1 aliphatic rings. The molecule has 4 aromatic rings. The smallest absolute Gasteiger partial charge is 0.252 e. The van der Waals surface area contributed by atoms with Gasteiger partial charge in [0.15, 0.2) is 17.3 Å². The number of pyridine rings is 1. The number of methoxy groups -OCH3 is 2. The Labute approximate surface area is 235 Å². The van der Waals surface area contributed by atoms with E-state index in [0.717, 1.165) is 65.6 Å². The highest BCUT2D eigenvalue weighted by atomic mass is 16.5. The molecule has 5 rings (SSSR count). The Morgan fingerprint density at radius 3 is 2.58 bits per heavy atom. The highest BCUT2D eigenvalue weighted by molar-refractivity contribution is 5.82. The van der Waals surface area contributed by atoms with Crippen LogP contribution in [0.25, 0.3) is 10.9 Å². The maximum atomic E-state index is 13.3. The number of aromatic amines is 1. The minimum absolute atomic E-state index is 0.0370. The molecule has 1 fully saturated rings. The first kappa shape index (κ1) is 27.8. The van der Waals surface area contributed by atoms with Crippen molar-refractivity contribution in [2.45, 2.75) is 77.9 Å². The van der Waals surface area contributed by atoms with Gasteiger partial charge in [0.25, 0.3) is 5.56 Å². The number of rotatable bonds is 11. The van der Waals surface area contributed by atoms with Crippen molar-refractivity contribution >= 4 is 10.9 Å². The van der Waals surface area contributed by atoms with Crippen molar-refractivity contribution in [1.82, 2.24) is 30.1 Å². The molecule has 2 aromatic carbocycles. The van der Waals surface area contributed by atoms with Crippen LogP contribution >= 0.6 is 0 Å². The molecule has 40 heavy (non-hydrogen) atoms. The Kier molecular flexibility index (Phi) is 8.49. The van der Waals surface area contributed by atoms with Gasteiger partial charge in [0.05, 0.1) is 31.8 Å². The van der Waals surface area contributed by atoms with Gasteiger partial charge in [-0.1, -0.05) is 37.5 Å². The van der Waals surface area contributed by atoms with Crippen LogP contribution in [0.3, 0.4) is 0 Å². The predicted molar refractivity (Wildman–Crippen MR) is 156 cm³/mol. The van der Waals surface area contributed by atoms with Crippen molar-refractivity contribution in [3.8, 4) is 11.5 Å². The van der Waals surface area contributed by atoms with E-state index in [4.69, 9.17) is 9.47 Å². The van der Waals surface area contributed by atoms with Crippen LogP contribution in [0.15, 0.2) is 41.2 Å². The molecule has 2 heterocycles. The van der Waals surface area contributed by atoms with Crippen LogP contribution in [0.5, 0.6) is 11.5 Å². The zero-order valence-electron chi connectivity index (χ0n) is 24.2. The van der Waals surface area contributed by atoms with E-state index in [9.17, 15) is 4.79 Å². The molecule has 212 valence electrons. The lowest BCUT2D eigenvalue weighted by atomic mass is 10.0. The third-order valence-electron chi connectivity index (χ3n) is 8.19. The molecule has 1 saturated carbocycles. The topological polar surface area (TPSA) is 98.2 Å². The third-order valence-corrected chi connectivity index (χ3v) is 8.19. The lowest BCUT2D eigenvalue weighted by molar-refractivity contribution is 0.169. The van der Waals surface area contributed by atoms with E-state index >= 15 is 0 Å². The zero-order valence-corrected chi connectivity index (χ0v) is 24.2. The van der Waals surface area contributed by atoms with Crippen molar-refractivity contribution < 1.29 is 9.47 Å². The Bertz CT molecular complexity index is 1520. The van der Waals surface area contributed by atoms with Gasteiger partial charge in [-0.3, -0.25) is 9.69 Å². The normalized spacial score (nSPS) is 14.8. The minimum atomic E-state index is -0.0548. The van der Waals surface area contributed by atoms with Crippen molar-refractivity contribution in [3.63, 3.8) is 0 Å². The largest absolute Gasteiger partial charge is 0.493 e. The van der Waals surface area contributed by atoms with E-state index in [0.29, 0.717) is 24.1 Å². The first-order chi connectivity index (χ1) is 19.4. The number of aryl methyl sites for hydroxylation is 2. The second-order valence-electron chi connectivity index (χ2n) is 10.9. The first-order valence-corrected chi connectivity index (χ1v) is 14.3. The number of benzene rings is 2. The van der Waals surface area contributed by atoms with Crippen molar-refractivity contribution in [2.24, 2.45) is 0 Å². The highest BCUT2D eigenvalue weighted by Crippen LogP contribution is 2.33. The molecule has 9 nitrogen and oxygen atoms in total. The summed E-state index contributed by atoms with van der Waals surface area (Å²) >= 11 is 0. The summed E-state index contributed by atoms with van der Waals surface area (Å²) in [7, 11) is 3.29. The van der Waals surface area contributed by atoms with Gasteiger partial charge in [-0.2, -0.15) is 0 Å². The SMILES string of the molecule is CCC(c1nnnn1C1CCCC1)N(CCc1ccc(OC)c(OC)c1)Cc1cc2cc(C)cc(C)c2[nH]c1=O. The number of aromatic nitrogens is 5. The lowest BCUT2D eigenvalue weighted by Crippen LogP contribution is -2.34. The van der Waals surface area contributed by atoms with E-state index in [-0.39, 0.29) is 11.6 Å². The first-order valence-electron chi connectivity index (χ1n) is 14.3. The van der Waals surface area contributed by atoms with Crippen LogP contribution in [0, 0.1) is 13.8 Å². The summed E-state index contributed by atoms with van der Waals surface area (Å²) in [6, 6.07) is 12.6. The molecule has 2 aromatic heterocycles. The molecule has 0 saturated heterocycles. The molecular formula is C31H40N6O3. The molecule has 1 aliphatic carbocycles. The van der Waals surface area contributed by atoms with E-state index in [1.807, 2.05) is 29.8 Å². The minimum Gasteiger partial charge on any atom is -0.493 e. The highest BCUT2D eigenvalue weighted by Gasteiger charge is 2.29. The number of hydrogen-bond donors (Lipinski definition) is 1. The molecule has 0 aliphatic heterocycles. The predicted octanol–water partition coefficient (Wildman–Crippen LogP) is 5.46. The summed E-state index contributed by atoms with van der Waals surface area (Å²) < 4.78 is 13.0. The quantitative estimate of drug-likeness (QED) is 0.268. The second kappa shape index (κ2) is 12.2. The fraction of sp³-hybridized carbons (Fsp3) is 0.484. The monoisotopic (exact) mass is 544 g/mol. The Morgan fingerprint density at radius 2 is 1.85 bits per heavy atom. The standard InChI is InChI=1S/C31H40N6O3/c1-6-26(30-33-34-35-37(30)25-9-7-8-10-25)36(14-13-22-11-12-27(39-4)28(17-22)40-5)19-24-18-23-16-20(2)15-21(3)29(23)32-31(24)38/h11-12,15-18,25-26H,6-10,13-14,19H2,1-5H3,(H,32,38). The number of H-pyrrole nitrogens is 1. The van der Waals surface area contributed by atoms with E-state index < -0.39 is 0 Å². The fourth-order valence-corrected chi connectivity index (χ4v) is 6.16. The van der Waals surface area contributed by atoms with Crippen LogP contribution < -0.4 is 15.0 Å². The van der Waals surface area contributed by atoms with Crippen molar-refractivity contribution in [1.29, 1.82) is 0 Å². The number of fused-ring (bicyclic) bond motifs is 1. The van der Waals surface area contributed by atoms with Gasteiger partial charge in [-0.25, -0.2) is 4.68 Å². The summed E-state index contributed by atoms with van der Waals surface area (Å²) in [4.78, 5) is 18.9. The molecule has 0 amide bonds. The number of ether oxygens (including phenoxy) is 2. The molecule has 0 spiro atoms. The molecule has 1 unspecified atom stereocenters. The zero-order chi connectivity index (χ0) is 28.2. The Hall–Kier alpha value is -3.72. The van der Waals surface area contributed by atoms with Gasteiger partial charge in [-0.05, 0) is 90.7 Å². The van der Waals surface area contributed by atoms with Gasteiger partial charge in [0.1, 0.15) is 0 Å². The molecule has 0 bridgehead atoms. The second-order valence-corrected chi connectivity index (χ2v) is 10.9.